The molecule has 6 heteroatoms. The largest absolute Gasteiger partial charge is 0.406 e. The number of halogens is 3. The number of benzene rings is 1. The number of rotatable bonds is 4. The highest BCUT2D eigenvalue weighted by Gasteiger charge is 2.33. The second kappa shape index (κ2) is 5.73. The van der Waals surface area contributed by atoms with E-state index in [2.05, 4.69) is 5.32 Å². The van der Waals surface area contributed by atoms with Crippen LogP contribution >= 0.6 is 0 Å². The first-order valence-corrected chi connectivity index (χ1v) is 6.63. The normalized spacial score (nSPS) is 13.8. The Balaban J connectivity index is 2.18. The molecule has 1 aromatic rings. The van der Waals surface area contributed by atoms with Crippen LogP contribution in [0.3, 0.4) is 0 Å². The number of nitrogens with zero attached hydrogens (tertiary/aromatic N) is 1. The van der Waals surface area contributed by atoms with Crippen LogP contribution in [0.5, 0.6) is 0 Å². The molecule has 0 aromatic heterocycles. The quantitative estimate of drug-likeness (QED) is 0.922. The maximum atomic E-state index is 12.5. The van der Waals surface area contributed by atoms with Crippen LogP contribution in [0.4, 0.5) is 18.9 Å². The molecule has 0 atom stereocenters. The van der Waals surface area contributed by atoms with Gasteiger partial charge in [0.2, 0.25) is 0 Å². The third-order valence-electron chi connectivity index (χ3n) is 3.22. The first-order valence-electron chi connectivity index (χ1n) is 6.63. The summed E-state index contributed by atoms with van der Waals surface area (Å²) in [6.45, 7) is 1.45. The van der Waals surface area contributed by atoms with Gasteiger partial charge in [0.15, 0.2) is 0 Å². The van der Waals surface area contributed by atoms with E-state index in [0.29, 0.717) is 12.0 Å². The van der Waals surface area contributed by atoms with E-state index in [0.717, 1.165) is 29.1 Å². The van der Waals surface area contributed by atoms with Gasteiger partial charge in [-0.15, -0.1) is 0 Å². The highest BCUT2D eigenvalue weighted by Crippen LogP contribution is 2.25. The van der Waals surface area contributed by atoms with Crippen molar-refractivity contribution in [2.45, 2.75) is 25.9 Å². The Morgan fingerprint density at radius 2 is 2.15 bits per heavy atom. The Morgan fingerprint density at radius 3 is 2.80 bits per heavy atom. The van der Waals surface area contributed by atoms with E-state index in [1.807, 2.05) is 0 Å². The van der Waals surface area contributed by atoms with Gasteiger partial charge in [-0.3, -0.25) is 4.79 Å². The minimum absolute atomic E-state index is 0.100. The predicted molar refractivity (Wildman–Crippen MR) is 70.9 cm³/mol. The van der Waals surface area contributed by atoms with E-state index in [-0.39, 0.29) is 6.54 Å². The van der Waals surface area contributed by atoms with Crippen LogP contribution in [0, 0.1) is 0 Å². The van der Waals surface area contributed by atoms with Gasteiger partial charge >= 0.3 is 6.18 Å². The first-order chi connectivity index (χ1) is 9.40. The molecule has 0 saturated carbocycles. The van der Waals surface area contributed by atoms with Crippen LogP contribution in [-0.2, 0) is 6.42 Å². The maximum absolute atomic E-state index is 12.5. The van der Waals surface area contributed by atoms with Crippen molar-refractivity contribution >= 4 is 11.6 Å². The van der Waals surface area contributed by atoms with E-state index in [1.165, 1.54) is 0 Å². The summed E-state index contributed by atoms with van der Waals surface area (Å²) in [5.74, 6) is -0.569. The molecule has 110 valence electrons. The molecule has 1 aromatic carbocycles. The van der Waals surface area contributed by atoms with Crippen molar-refractivity contribution in [2.24, 2.45) is 0 Å². The summed E-state index contributed by atoms with van der Waals surface area (Å²) >= 11 is 0. The molecule has 1 aliphatic heterocycles. The Bertz CT molecular complexity index is 500. The van der Waals surface area contributed by atoms with Crippen molar-refractivity contribution in [1.29, 1.82) is 0 Å². The lowest BCUT2D eigenvalue weighted by Crippen LogP contribution is -2.39. The number of carbonyl (C=O) groups is 1. The summed E-state index contributed by atoms with van der Waals surface area (Å²) < 4.78 is 37.6. The lowest BCUT2D eigenvalue weighted by atomic mass is 10.1. The molecule has 0 spiro atoms. The Labute approximate surface area is 115 Å². The molecule has 1 amide bonds. The highest BCUT2D eigenvalue weighted by atomic mass is 19.4. The van der Waals surface area contributed by atoms with E-state index in [9.17, 15) is 18.0 Å². The van der Waals surface area contributed by atoms with Crippen molar-refractivity contribution in [3.05, 3.63) is 29.3 Å². The third kappa shape index (κ3) is 3.43. The van der Waals surface area contributed by atoms with Crippen LogP contribution in [-0.4, -0.2) is 36.6 Å². The summed E-state index contributed by atoms with van der Waals surface area (Å²) in [6, 6.07) is 5.05. The van der Waals surface area contributed by atoms with Gasteiger partial charge in [0.05, 0.1) is 0 Å². The van der Waals surface area contributed by atoms with Crippen molar-refractivity contribution in [1.82, 2.24) is 4.90 Å². The number of amides is 1. The van der Waals surface area contributed by atoms with Crippen molar-refractivity contribution in [3.63, 3.8) is 0 Å². The fourth-order valence-electron chi connectivity index (χ4n) is 2.35. The van der Waals surface area contributed by atoms with Gasteiger partial charge in [-0.2, -0.15) is 13.2 Å². The zero-order valence-electron chi connectivity index (χ0n) is 11.3. The van der Waals surface area contributed by atoms with Gasteiger partial charge in [0.25, 0.3) is 5.91 Å². The van der Waals surface area contributed by atoms with Crippen LogP contribution in [0.25, 0.3) is 0 Å². The van der Waals surface area contributed by atoms with Crippen molar-refractivity contribution in [3.8, 4) is 0 Å². The number of alkyl halides is 3. The molecule has 1 aliphatic rings. The smallest absolute Gasteiger partial charge is 0.384 e. The molecule has 0 fully saturated rings. The number of hydrogen-bond acceptors (Lipinski definition) is 2. The monoisotopic (exact) mass is 286 g/mol. The van der Waals surface area contributed by atoms with Crippen LogP contribution in [0.2, 0.25) is 0 Å². The Kier molecular flexibility index (Phi) is 4.20. The molecular formula is C14H17F3N2O. The standard InChI is InChI=1S/C14H17F3N2O/c1-2-7-19(9-14(15,16)17)13(20)11-4-3-10-5-6-18-12(10)8-11/h3-4,8,18H,2,5-7,9H2,1H3. The summed E-state index contributed by atoms with van der Waals surface area (Å²) in [7, 11) is 0. The molecule has 3 nitrogen and oxygen atoms in total. The zero-order chi connectivity index (χ0) is 14.8. The predicted octanol–water partition coefficient (Wildman–Crippen LogP) is 3.07. The summed E-state index contributed by atoms with van der Waals surface area (Å²) in [5.41, 5.74) is 2.24. The third-order valence-corrected chi connectivity index (χ3v) is 3.22. The molecule has 0 aliphatic carbocycles. The van der Waals surface area contributed by atoms with E-state index < -0.39 is 18.6 Å². The molecule has 1 heterocycles. The second-order valence-electron chi connectivity index (χ2n) is 4.89. The minimum Gasteiger partial charge on any atom is -0.384 e. The second-order valence-corrected chi connectivity index (χ2v) is 4.89. The van der Waals surface area contributed by atoms with Gasteiger partial charge in [-0.25, -0.2) is 0 Å². The number of hydrogen-bond donors (Lipinski definition) is 1. The summed E-state index contributed by atoms with van der Waals surface area (Å²) in [5, 5.41) is 3.12. The topological polar surface area (TPSA) is 32.3 Å². The van der Waals surface area contributed by atoms with Crippen LogP contribution < -0.4 is 5.32 Å². The summed E-state index contributed by atoms with van der Waals surface area (Å²) in [4.78, 5) is 13.1. The fraction of sp³-hybridized carbons (Fsp3) is 0.500. The fourth-order valence-corrected chi connectivity index (χ4v) is 2.35. The molecule has 0 saturated heterocycles. The Hall–Kier alpha value is -1.72. The molecule has 1 N–H and O–H groups in total. The molecule has 0 unspecified atom stereocenters. The van der Waals surface area contributed by atoms with Gasteiger partial charge in [0, 0.05) is 24.3 Å². The van der Waals surface area contributed by atoms with Crippen LogP contribution in [0.15, 0.2) is 18.2 Å². The zero-order valence-corrected chi connectivity index (χ0v) is 11.3. The highest BCUT2D eigenvalue weighted by molar-refractivity contribution is 5.95. The Morgan fingerprint density at radius 1 is 1.40 bits per heavy atom. The SMILES string of the molecule is CCCN(CC(F)(F)F)C(=O)c1ccc2c(c1)NCC2. The van der Waals surface area contributed by atoms with Gasteiger partial charge in [-0.05, 0) is 30.5 Å². The van der Waals surface area contributed by atoms with E-state index in [4.69, 9.17) is 0 Å². The maximum Gasteiger partial charge on any atom is 0.406 e. The van der Waals surface area contributed by atoms with E-state index in [1.54, 1.807) is 25.1 Å². The number of carbonyl (C=O) groups excluding carboxylic acids is 1. The van der Waals surface area contributed by atoms with Crippen molar-refractivity contribution in [2.75, 3.05) is 25.0 Å². The average molecular weight is 286 g/mol. The first kappa shape index (κ1) is 14.7. The van der Waals surface area contributed by atoms with Crippen LogP contribution in [0.1, 0.15) is 29.3 Å². The number of anilines is 1. The van der Waals surface area contributed by atoms with Gasteiger partial charge in [0.1, 0.15) is 6.54 Å². The van der Waals surface area contributed by atoms with E-state index >= 15 is 0 Å². The lowest BCUT2D eigenvalue weighted by Gasteiger charge is -2.23. The lowest BCUT2D eigenvalue weighted by molar-refractivity contribution is -0.140. The summed E-state index contributed by atoms with van der Waals surface area (Å²) in [6.07, 6.45) is -3.00. The molecule has 20 heavy (non-hydrogen) atoms. The number of fused-ring (bicyclic) bond motifs is 1. The van der Waals surface area contributed by atoms with Crippen molar-refractivity contribution < 1.29 is 18.0 Å². The molecule has 0 bridgehead atoms. The minimum atomic E-state index is -4.38. The van der Waals surface area contributed by atoms with Gasteiger partial charge < -0.3 is 10.2 Å². The average Bonchev–Trinajstić information content (AvgIpc) is 2.83. The molecule has 2 rings (SSSR count). The molecular weight excluding hydrogens is 269 g/mol. The number of nitrogens with one attached hydrogen (secondary N) is 1. The molecule has 0 radical (unpaired) electrons. The van der Waals surface area contributed by atoms with Gasteiger partial charge in [-0.1, -0.05) is 13.0 Å².